The number of benzene rings is 4. The van der Waals surface area contributed by atoms with Gasteiger partial charge in [-0.25, -0.2) is 4.79 Å². The SMILES string of the molecule is CCOC(=O)[C@H](Cc1ccc(C#CCN(C)c2nc3ccccc3o2)cc1)Nc1ccccc1C(=O)c1ccccc1. The summed E-state index contributed by atoms with van der Waals surface area (Å²) >= 11 is 0. The van der Waals surface area contributed by atoms with Gasteiger partial charge in [-0.15, -0.1) is 0 Å². The Labute approximate surface area is 245 Å². The summed E-state index contributed by atoms with van der Waals surface area (Å²) in [6, 6.07) is 31.5. The zero-order valence-corrected chi connectivity index (χ0v) is 23.5. The van der Waals surface area contributed by atoms with Crippen molar-refractivity contribution < 1.29 is 18.7 Å². The van der Waals surface area contributed by atoms with E-state index in [0.29, 0.717) is 35.8 Å². The molecule has 5 aromatic rings. The number of nitrogens with one attached hydrogen (secondary N) is 1. The summed E-state index contributed by atoms with van der Waals surface area (Å²) in [5.74, 6) is 5.83. The molecule has 7 heteroatoms. The molecule has 1 heterocycles. The van der Waals surface area contributed by atoms with Gasteiger partial charge < -0.3 is 19.4 Å². The number of ether oxygens (including phenoxy) is 1. The Kier molecular flexibility index (Phi) is 8.95. The van der Waals surface area contributed by atoms with E-state index in [2.05, 4.69) is 22.1 Å². The van der Waals surface area contributed by atoms with Gasteiger partial charge in [0, 0.05) is 35.8 Å². The molecule has 0 radical (unpaired) electrons. The van der Waals surface area contributed by atoms with Crippen molar-refractivity contribution in [2.45, 2.75) is 19.4 Å². The summed E-state index contributed by atoms with van der Waals surface area (Å²) in [5.41, 5.74) is 4.98. The van der Waals surface area contributed by atoms with Gasteiger partial charge >= 0.3 is 5.97 Å². The first-order valence-corrected chi connectivity index (χ1v) is 13.8. The number of nitrogens with zero attached hydrogens (tertiary/aromatic N) is 2. The van der Waals surface area contributed by atoms with Crippen LogP contribution in [0.1, 0.15) is 34.0 Å². The molecule has 0 aliphatic carbocycles. The minimum Gasteiger partial charge on any atom is -0.464 e. The lowest BCUT2D eigenvalue weighted by atomic mass is 10.00. The number of fused-ring (bicyclic) bond motifs is 1. The molecule has 0 amide bonds. The highest BCUT2D eigenvalue weighted by Gasteiger charge is 2.23. The predicted octanol–water partition coefficient (Wildman–Crippen LogP) is 6.13. The van der Waals surface area contributed by atoms with Crippen LogP contribution in [0.2, 0.25) is 0 Å². The fourth-order valence-corrected chi connectivity index (χ4v) is 4.49. The van der Waals surface area contributed by atoms with Crippen molar-refractivity contribution in [3.05, 3.63) is 125 Å². The number of anilines is 2. The number of ketones is 1. The second-order valence-corrected chi connectivity index (χ2v) is 9.71. The van der Waals surface area contributed by atoms with Gasteiger partial charge in [0.05, 0.1) is 13.2 Å². The quantitative estimate of drug-likeness (QED) is 0.126. The van der Waals surface area contributed by atoms with E-state index in [1.807, 2.05) is 90.8 Å². The van der Waals surface area contributed by atoms with Crippen LogP contribution in [0.5, 0.6) is 0 Å². The summed E-state index contributed by atoms with van der Waals surface area (Å²) in [6.45, 7) is 2.48. The van der Waals surface area contributed by atoms with Gasteiger partial charge in [0.2, 0.25) is 0 Å². The summed E-state index contributed by atoms with van der Waals surface area (Å²) in [7, 11) is 1.89. The standard InChI is InChI=1S/C35H31N3O4/c1-3-41-34(40)31(36-29-16-8-7-15-28(29)33(39)27-13-5-4-6-14-27)24-26-21-19-25(20-22-26)12-11-23-38(2)35-37-30-17-9-10-18-32(30)42-35/h4-10,13-22,31,36H,3,23-24H2,1-2H3/t31-/m0/s1. The predicted molar refractivity (Wildman–Crippen MR) is 165 cm³/mol. The van der Waals surface area contributed by atoms with Crippen molar-refractivity contribution in [3.63, 3.8) is 0 Å². The fraction of sp³-hybridized carbons (Fsp3) is 0.171. The molecule has 4 aromatic carbocycles. The minimum absolute atomic E-state index is 0.119. The van der Waals surface area contributed by atoms with E-state index in [9.17, 15) is 9.59 Å². The van der Waals surface area contributed by atoms with Crippen LogP contribution in [0.4, 0.5) is 11.7 Å². The number of hydrogen-bond donors (Lipinski definition) is 1. The molecule has 0 fully saturated rings. The molecule has 1 N–H and O–H groups in total. The minimum atomic E-state index is -0.684. The van der Waals surface area contributed by atoms with Gasteiger partial charge in [-0.2, -0.15) is 4.98 Å². The van der Waals surface area contributed by atoms with Crippen LogP contribution in [0.25, 0.3) is 11.1 Å². The molecule has 210 valence electrons. The van der Waals surface area contributed by atoms with Crippen molar-refractivity contribution in [3.8, 4) is 11.8 Å². The molecular formula is C35H31N3O4. The van der Waals surface area contributed by atoms with Gasteiger partial charge in [0.25, 0.3) is 6.01 Å². The van der Waals surface area contributed by atoms with Crippen LogP contribution < -0.4 is 10.2 Å². The maximum Gasteiger partial charge on any atom is 0.328 e. The summed E-state index contributed by atoms with van der Waals surface area (Å²) in [6.07, 6.45) is 0.376. The van der Waals surface area contributed by atoms with Gasteiger partial charge in [0.15, 0.2) is 11.4 Å². The lowest BCUT2D eigenvalue weighted by Crippen LogP contribution is -2.34. The van der Waals surface area contributed by atoms with Crippen LogP contribution in [0.3, 0.4) is 0 Å². The monoisotopic (exact) mass is 557 g/mol. The Balaban J connectivity index is 1.26. The molecule has 0 spiro atoms. The Hall–Kier alpha value is -5.35. The van der Waals surface area contributed by atoms with E-state index in [1.54, 1.807) is 31.2 Å². The molecule has 0 saturated heterocycles. The largest absolute Gasteiger partial charge is 0.464 e. The average Bonchev–Trinajstić information content (AvgIpc) is 3.47. The van der Waals surface area contributed by atoms with E-state index in [1.165, 1.54) is 0 Å². The number of carbonyl (C=O) groups is 2. The van der Waals surface area contributed by atoms with Crippen LogP contribution in [0, 0.1) is 11.8 Å². The number of para-hydroxylation sites is 3. The molecule has 1 atom stereocenters. The van der Waals surface area contributed by atoms with Crippen molar-refractivity contribution in [1.82, 2.24) is 4.98 Å². The van der Waals surface area contributed by atoms with Gasteiger partial charge in [-0.05, 0) is 48.9 Å². The molecule has 7 nitrogen and oxygen atoms in total. The van der Waals surface area contributed by atoms with E-state index in [-0.39, 0.29) is 18.4 Å². The van der Waals surface area contributed by atoms with Crippen LogP contribution in [-0.2, 0) is 16.0 Å². The third kappa shape index (κ3) is 6.86. The lowest BCUT2D eigenvalue weighted by molar-refractivity contribution is -0.144. The summed E-state index contributed by atoms with van der Waals surface area (Å²) < 4.78 is 11.2. The molecule has 42 heavy (non-hydrogen) atoms. The third-order valence-corrected chi connectivity index (χ3v) is 6.66. The summed E-state index contributed by atoms with van der Waals surface area (Å²) in [5, 5.41) is 3.27. The summed E-state index contributed by atoms with van der Waals surface area (Å²) in [4.78, 5) is 32.5. The second kappa shape index (κ2) is 13.3. The van der Waals surface area contributed by atoms with E-state index >= 15 is 0 Å². The average molecular weight is 558 g/mol. The fourth-order valence-electron chi connectivity index (χ4n) is 4.49. The number of hydrogen-bond acceptors (Lipinski definition) is 7. The van der Waals surface area contributed by atoms with E-state index in [4.69, 9.17) is 9.15 Å². The van der Waals surface area contributed by atoms with E-state index < -0.39 is 6.04 Å². The normalized spacial score (nSPS) is 11.3. The molecule has 5 rings (SSSR count). The highest BCUT2D eigenvalue weighted by atomic mass is 16.5. The molecule has 0 bridgehead atoms. The Bertz CT molecular complexity index is 1700. The van der Waals surface area contributed by atoms with Crippen molar-refractivity contribution in [2.75, 3.05) is 30.4 Å². The number of aromatic nitrogens is 1. The topological polar surface area (TPSA) is 84.7 Å². The molecule has 0 aliphatic heterocycles. The van der Waals surface area contributed by atoms with E-state index in [0.717, 1.165) is 22.2 Å². The zero-order chi connectivity index (χ0) is 29.3. The third-order valence-electron chi connectivity index (χ3n) is 6.66. The lowest BCUT2D eigenvalue weighted by Gasteiger charge is -2.20. The molecule has 0 unspecified atom stereocenters. The van der Waals surface area contributed by atoms with Crippen molar-refractivity contribution in [1.29, 1.82) is 0 Å². The van der Waals surface area contributed by atoms with Crippen molar-refractivity contribution >= 4 is 34.6 Å². The van der Waals surface area contributed by atoms with Gasteiger partial charge in [-0.3, -0.25) is 4.79 Å². The molecule has 1 aromatic heterocycles. The second-order valence-electron chi connectivity index (χ2n) is 9.71. The maximum absolute atomic E-state index is 13.2. The van der Waals surface area contributed by atoms with Crippen molar-refractivity contribution in [2.24, 2.45) is 0 Å². The van der Waals surface area contributed by atoms with Gasteiger partial charge in [-0.1, -0.05) is 78.6 Å². The van der Waals surface area contributed by atoms with Crippen LogP contribution in [0.15, 0.2) is 108 Å². The molecule has 0 aliphatic rings. The number of rotatable bonds is 10. The van der Waals surface area contributed by atoms with Crippen LogP contribution >= 0.6 is 0 Å². The molecular weight excluding hydrogens is 526 g/mol. The Morgan fingerprint density at radius 2 is 1.64 bits per heavy atom. The smallest absolute Gasteiger partial charge is 0.328 e. The first-order chi connectivity index (χ1) is 20.5. The molecule has 0 saturated carbocycles. The Morgan fingerprint density at radius 1 is 0.929 bits per heavy atom. The number of esters is 1. The first-order valence-electron chi connectivity index (χ1n) is 13.8. The van der Waals surface area contributed by atoms with Gasteiger partial charge in [0.1, 0.15) is 11.6 Å². The first kappa shape index (κ1) is 28.2. The zero-order valence-electron chi connectivity index (χ0n) is 23.5. The van der Waals surface area contributed by atoms with Crippen LogP contribution in [-0.4, -0.2) is 43.0 Å². The Morgan fingerprint density at radius 3 is 2.40 bits per heavy atom. The highest BCUT2D eigenvalue weighted by Crippen LogP contribution is 2.22. The maximum atomic E-state index is 13.2. The number of carbonyl (C=O) groups excluding carboxylic acids is 2. The highest BCUT2D eigenvalue weighted by molar-refractivity contribution is 6.12. The number of oxazole rings is 1.